The molecule has 0 unspecified atom stereocenters. The molecule has 1 N–H and O–H groups in total. The summed E-state index contributed by atoms with van der Waals surface area (Å²) < 4.78 is 5.25. The molecule has 0 saturated carbocycles. The van der Waals surface area contributed by atoms with Gasteiger partial charge in [-0.05, 0) is 32.9 Å². The number of carbonyl (C=O) groups is 3. The number of benzene rings is 1. The molecular weight excluding hydrogens is 358 g/mol. The van der Waals surface area contributed by atoms with Gasteiger partial charge in [0.2, 0.25) is 0 Å². The van der Waals surface area contributed by atoms with Gasteiger partial charge in [-0.2, -0.15) is 0 Å². The molecule has 1 aliphatic heterocycles. The number of nitrogens with zero attached hydrogens (tertiary/aromatic N) is 3. The van der Waals surface area contributed by atoms with Crippen molar-refractivity contribution in [3.05, 3.63) is 33.9 Å². The Kier molecular flexibility index (Phi) is 5.67. The van der Waals surface area contributed by atoms with E-state index in [0.29, 0.717) is 6.29 Å². The van der Waals surface area contributed by atoms with Gasteiger partial charge in [-0.1, -0.05) is 0 Å². The Labute approximate surface area is 155 Å². The van der Waals surface area contributed by atoms with Crippen LogP contribution in [0.15, 0.2) is 18.2 Å². The Balaban J connectivity index is 2.29. The van der Waals surface area contributed by atoms with Gasteiger partial charge in [0.25, 0.3) is 5.69 Å². The predicted molar refractivity (Wildman–Crippen MR) is 95.1 cm³/mol. The number of amides is 1. The SMILES string of the molecule is CC(C)(C)OC(=O)N1CCN(c2ccc(C=O)cc2[N+](=O)[O-])C[C@H]1C(=O)O. The zero-order valence-electron chi connectivity index (χ0n) is 15.2. The smallest absolute Gasteiger partial charge is 0.411 e. The Hall–Kier alpha value is -3.17. The highest BCUT2D eigenvalue weighted by Crippen LogP contribution is 2.31. The highest BCUT2D eigenvalue weighted by molar-refractivity contribution is 5.83. The number of nitro benzene ring substituents is 1. The number of hydrogen-bond donors (Lipinski definition) is 1. The van der Waals surface area contributed by atoms with E-state index in [1.165, 1.54) is 17.0 Å². The molecule has 0 radical (unpaired) electrons. The lowest BCUT2D eigenvalue weighted by Gasteiger charge is -2.40. The van der Waals surface area contributed by atoms with Crippen molar-refractivity contribution < 1.29 is 29.2 Å². The van der Waals surface area contributed by atoms with E-state index in [0.717, 1.165) is 11.0 Å². The van der Waals surface area contributed by atoms with Crippen LogP contribution >= 0.6 is 0 Å². The number of anilines is 1. The molecule has 0 aromatic heterocycles. The van der Waals surface area contributed by atoms with Gasteiger partial charge in [0.05, 0.1) is 4.92 Å². The van der Waals surface area contributed by atoms with E-state index in [9.17, 15) is 29.6 Å². The van der Waals surface area contributed by atoms with Gasteiger partial charge in [0.1, 0.15) is 23.6 Å². The summed E-state index contributed by atoms with van der Waals surface area (Å²) >= 11 is 0. The van der Waals surface area contributed by atoms with Gasteiger partial charge in [-0.3, -0.25) is 19.8 Å². The number of hydrogen-bond acceptors (Lipinski definition) is 7. The zero-order chi connectivity index (χ0) is 20.4. The number of rotatable bonds is 4. The third-order valence-corrected chi connectivity index (χ3v) is 3.97. The maximum absolute atomic E-state index is 12.3. The van der Waals surface area contributed by atoms with E-state index < -0.39 is 28.6 Å². The molecule has 27 heavy (non-hydrogen) atoms. The molecular formula is C17H21N3O7. The highest BCUT2D eigenvalue weighted by atomic mass is 16.6. The lowest BCUT2D eigenvalue weighted by Crippen LogP contribution is -2.59. The third-order valence-electron chi connectivity index (χ3n) is 3.97. The fourth-order valence-corrected chi connectivity index (χ4v) is 2.78. The van der Waals surface area contributed by atoms with Crippen molar-refractivity contribution >= 4 is 29.7 Å². The zero-order valence-corrected chi connectivity index (χ0v) is 15.2. The summed E-state index contributed by atoms with van der Waals surface area (Å²) in [7, 11) is 0. The number of piperazine rings is 1. The quantitative estimate of drug-likeness (QED) is 0.477. The second-order valence-electron chi connectivity index (χ2n) is 7.10. The molecule has 0 spiro atoms. The molecule has 2 rings (SSSR count). The second kappa shape index (κ2) is 7.60. The van der Waals surface area contributed by atoms with Crippen molar-refractivity contribution in [2.45, 2.75) is 32.4 Å². The van der Waals surface area contributed by atoms with Crippen LogP contribution in [-0.4, -0.2) is 64.6 Å². The van der Waals surface area contributed by atoms with E-state index in [-0.39, 0.29) is 36.6 Å². The molecule has 1 atom stereocenters. The largest absolute Gasteiger partial charge is 0.480 e. The maximum Gasteiger partial charge on any atom is 0.411 e. The third kappa shape index (κ3) is 4.72. The summed E-state index contributed by atoms with van der Waals surface area (Å²) in [6.45, 7) is 5.09. The van der Waals surface area contributed by atoms with Crippen LogP contribution in [0.2, 0.25) is 0 Å². The molecule has 1 aliphatic rings. The summed E-state index contributed by atoms with van der Waals surface area (Å²) in [6.07, 6.45) is -0.252. The summed E-state index contributed by atoms with van der Waals surface area (Å²) in [5.74, 6) is -1.24. The second-order valence-corrected chi connectivity index (χ2v) is 7.10. The number of nitro groups is 1. The predicted octanol–water partition coefficient (Wildman–Crippen LogP) is 1.92. The van der Waals surface area contributed by atoms with Crippen molar-refractivity contribution in [1.29, 1.82) is 0 Å². The van der Waals surface area contributed by atoms with Crippen molar-refractivity contribution in [2.24, 2.45) is 0 Å². The first-order valence-electron chi connectivity index (χ1n) is 8.24. The molecule has 1 amide bonds. The average Bonchev–Trinajstić information content (AvgIpc) is 2.59. The first-order valence-corrected chi connectivity index (χ1v) is 8.24. The van der Waals surface area contributed by atoms with Gasteiger partial charge in [0.15, 0.2) is 0 Å². The van der Waals surface area contributed by atoms with Crippen LogP contribution in [0.25, 0.3) is 0 Å². The van der Waals surface area contributed by atoms with Crippen LogP contribution in [0.3, 0.4) is 0 Å². The molecule has 1 heterocycles. The number of aldehydes is 1. The minimum atomic E-state index is -1.24. The summed E-state index contributed by atoms with van der Waals surface area (Å²) in [5, 5.41) is 20.9. The van der Waals surface area contributed by atoms with Gasteiger partial charge in [-0.25, -0.2) is 9.59 Å². The fraction of sp³-hybridized carbons (Fsp3) is 0.471. The van der Waals surface area contributed by atoms with E-state index in [1.807, 2.05) is 0 Å². The summed E-state index contributed by atoms with van der Waals surface area (Å²) in [4.78, 5) is 48.2. The highest BCUT2D eigenvalue weighted by Gasteiger charge is 2.39. The number of carboxylic acid groups (broad SMARTS) is 1. The van der Waals surface area contributed by atoms with Crippen LogP contribution in [0.1, 0.15) is 31.1 Å². The van der Waals surface area contributed by atoms with E-state index in [1.54, 1.807) is 20.8 Å². The number of aliphatic carboxylic acids is 1. The van der Waals surface area contributed by atoms with Crippen LogP contribution in [0, 0.1) is 10.1 Å². The molecule has 10 nitrogen and oxygen atoms in total. The van der Waals surface area contributed by atoms with Crippen LogP contribution < -0.4 is 4.90 Å². The lowest BCUT2D eigenvalue weighted by atomic mass is 10.1. The van der Waals surface area contributed by atoms with Gasteiger partial charge >= 0.3 is 12.1 Å². The number of carboxylic acids is 1. The fourth-order valence-electron chi connectivity index (χ4n) is 2.78. The monoisotopic (exact) mass is 379 g/mol. The van der Waals surface area contributed by atoms with Crippen molar-refractivity contribution in [3.63, 3.8) is 0 Å². The summed E-state index contributed by atoms with van der Waals surface area (Å²) in [5.41, 5.74) is -0.733. The van der Waals surface area contributed by atoms with Gasteiger partial charge in [-0.15, -0.1) is 0 Å². The van der Waals surface area contributed by atoms with Crippen molar-refractivity contribution in [2.75, 3.05) is 24.5 Å². The minimum Gasteiger partial charge on any atom is -0.480 e. The van der Waals surface area contributed by atoms with Crippen molar-refractivity contribution in [1.82, 2.24) is 4.90 Å². The Morgan fingerprint density at radius 1 is 1.33 bits per heavy atom. The van der Waals surface area contributed by atoms with E-state index in [4.69, 9.17) is 4.74 Å². The first kappa shape index (κ1) is 20.1. The van der Waals surface area contributed by atoms with E-state index >= 15 is 0 Å². The normalized spacial score (nSPS) is 17.4. The van der Waals surface area contributed by atoms with Gasteiger partial charge in [0, 0.05) is 31.3 Å². The molecule has 146 valence electrons. The number of ether oxygens (including phenoxy) is 1. The standard InChI is InChI=1S/C17H21N3O7/c1-17(2,3)27-16(24)19-7-6-18(9-14(19)15(22)23)12-5-4-11(10-21)8-13(12)20(25)26/h4-5,8,10,14H,6-7,9H2,1-3H3,(H,22,23)/t14-/m0/s1. The molecule has 0 aliphatic carbocycles. The summed E-state index contributed by atoms with van der Waals surface area (Å²) in [6, 6.07) is 2.74. The molecule has 0 bridgehead atoms. The van der Waals surface area contributed by atoms with Crippen LogP contribution in [0.5, 0.6) is 0 Å². The molecule has 1 aromatic rings. The molecule has 1 aromatic carbocycles. The minimum absolute atomic E-state index is 0.0263. The van der Waals surface area contributed by atoms with E-state index in [2.05, 4.69) is 0 Å². The Morgan fingerprint density at radius 3 is 2.52 bits per heavy atom. The molecule has 1 saturated heterocycles. The van der Waals surface area contributed by atoms with Gasteiger partial charge < -0.3 is 14.7 Å². The van der Waals surface area contributed by atoms with Crippen LogP contribution in [0.4, 0.5) is 16.2 Å². The number of carbonyl (C=O) groups excluding carboxylic acids is 2. The first-order chi connectivity index (χ1) is 12.5. The van der Waals surface area contributed by atoms with Crippen molar-refractivity contribution in [3.8, 4) is 0 Å². The topological polar surface area (TPSA) is 130 Å². The molecule has 1 fully saturated rings. The maximum atomic E-state index is 12.3. The Morgan fingerprint density at radius 2 is 2.00 bits per heavy atom. The Bertz CT molecular complexity index is 772. The lowest BCUT2D eigenvalue weighted by molar-refractivity contribution is -0.384. The van der Waals surface area contributed by atoms with Crippen LogP contribution in [-0.2, 0) is 9.53 Å². The average molecular weight is 379 g/mol. The molecule has 10 heteroatoms.